The van der Waals surface area contributed by atoms with Crippen LogP contribution in [0.25, 0.3) is 0 Å². The standard InChI is InChI=1S/C17H21BrF2N2O3/c1-17(2,3)25-16(24)22-8-6-10(7-9-22)21-15(23)13-12(19)5-4-11(18)14(13)20/h4-5,10H,6-9H2,1-3H3,(H,21,23). The zero-order chi connectivity index (χ0) is 18.8. The molecule has 138 valence electrons. The van der Waals surface area contributed by atoms with Gasteiger partial charge in [-0.2, -0.15) is 0 Å². The fourth-order valence-corrected chi connectivity index (χ4v) is 2.86. The molecule has 0 saturated carbocycles. The molecule has 1 aliphatic rings. The maximum absolute atomic E-state index is 14.0. The molecule has 0 bridgehead atoms. The largest absolute Gasteiger partial charge is 0.444 e. The van der Waals surface area contributed by atoms with Crippen molar-refractivity contribution >= 4 is 27.9 Å². The predicted molar refractivity (Wildman–Crippen MR) is 92.4 cm³/mol. The summed E-state index contributed by atoms with van der Waals surface area (Å²) in [6, 6.07) is 1.98. The third-order valence-corrected chi connectivity index (χ3v) is 4.37. The van der Waals surface area contributed by atoms with Gasteiger partial charge in [0.25, 0.3) is 5.91 Å². The van der Waals surface area contributed by atoms with E-state index in [1.165, 1.54) is 6.07 Å². The molecule has 0 aromatic heterocycles. The van der Waals surface area contributed by atoms with E-state index in [9.17, 15) is 18.4 Å². The Morgan fingerprint density at radius 3 is 2.40 bits per heavy atom. The summed E-state index contributed by atoms with van der Waals surface area (Å²) in [7, 11) is 0. The second-order valence-electron chi connectivity index (χ2n) is 6.93. The highest BCUT2D eigenvalue weighted by Gasteiger charge is 2.29. The van der Waals surface area contributed by atoms with Crippen molar-refractivity contribution in [2.75, 3.05) is 13.1 Å². The molecule has 1 N–H and O–H groups in total. The summed E-state index contributed by atoms with van der Waals surface area (Å²) in [6.07, 6.45) is 0.575. The highest BCUT2D eigenvalue weighted by atomic mass is 79.9. The van der Waals surface area contributed by atoms with E-state index in [1.807, 2.05) is 0 Å². The van der Waals surface area contributed by atoms with Gasteiger partial charge in [0.05, 0.1) is 4.47 Å². The predicted octanol–water partition coefficient (Wildman–Crippen LogP) is 3.86. The van der Waals surface area contributed by atoms with Gasteiger partial charge >= 0.3 is 6.09 Å². The minimum atomic E-state index is -0.927. The minimum absolute atomic E-state index is 0.0267. The topological polar surface area (TPSA) is 58.6 Å². The quantitative estimate of drug-likeness (QED) is 0.741. The van der Waals surface area contributed by atoms with Crippen molar-refractivity contribution in [1.29, 1.82) is 0 Å². The van der Waals surface area contributed by atoms with Gasteiger partial charge in [0.2, 0.25) is 0 Å². The molecule has 0 unspecified atom stereocenters. The molecular weight excluding hydrogens is 398 g/mol. The molecular formula is C17H21BrF2N2O3. The average molecular weight is 419 g/mol. The van der Waals surface area contributed by atoms with Crippen molar-refractivity contribution in [3.8, 4) is 0 Å². The Balaban J connectivity index is 1.93. The Morgan fingerprint density at radius 1 is 1.24 bits per heavy atom. The van der Waals surface area contributed by atoms with Crippen LogP contribution >= 0.6 is 15.9 Å². The maximum Gasteiger partial charge on any atom is 0.410 e. The van der Waals surface area contributed by atoms with Gasteiger partial charge in [-0.15, -0.1) is 0 Å². The molecule has 0 radical (unpaired) electrons. The number of amides is 2. The van der Waals surface area contributed by atoms with E-state index in [1.54, 1.807) is 25.7 Å². The number of halogens is 3. The van der Waals surface area contributed by atoms with E-state index in [2.05, 4.69) is 21.2 Å². The molecule has 0 spiro atoms. The SMILES string of the molecule is CC(C)(C)OC(=O)N1CCC(NC(=O)c2c(F)ccc(Br)c2F)CC1. The summed E-state index contributed by atoms with van der Waals surface area (Å²) in [5.41, 5.74) is -1.18. The number of rotatable bonds is 2. The van der Waals surface area contributed by atoms with Gasteiger partial charge in [0.15, 0.2) is 5.82 Å². The second kappa shape index (κ2) is 7.68. The number of carbonyl (C=O) groups is 2. The first kappa shape index (κ1) is 19.6. The maximum atomic E-state index is 14.0. The van der Waals surface area contributed by atoms with Gasteiger partial charge < -0.3 is 15.0 Å². The number of benzene rings is 1. The first-order valence-electron chi connectivity index (χ1n) is 8.01. The highest BCUT2D eigenvalue weighted by molar-refractivity contribution is 9.10. The minimum Gasteiger partial charge on any atom is -0.444 e. The Labute approximate surface area is 153 Å². The monoisotopic (exact) mass is 418 g/mol. The van der Waals surface area contributed by atoms with Gasteiger partial charge in [-0.05, 0) is 61.7 Å². The molecule has 1 saturated heterocycles. The summed E-state index contributed by atoms with van der Waals surface area (Å²) in [4.78, 5) is 25.8. The third kappa shape index (κ3) is 5.14. The van der Waals surface area contributed by atoms with E-state index in [4.69, 9.17) is 4.74 Å². The number of piperidine rings is 1. The van der Waals surface area contributed by atoms with Crippen molar-refractivity contribution in [2.24, 2.45) is 0 Å². The van der Waals surface area contributed by atoms with Crippen LogP contribution in [0.4, 0.5) is 13.6 Å². The molecule has 0 aliphatic carbocycles. The van der Waals surface area contributed by atoms with Crippen LogP contribution in [0.3, 0.4) is 0 Å². The van der Waals surface area contributed by atoms with Crippen molar-refractivity contribution < 1.29 is 23.1 Å². The summed E-state index contributed by atoms with van der Waals surface area (Å²) in [5, 5.41) is 2.63. The highest BCUT2D eigenvalue weighted by Crippen LogP contribution is 2.22. The summed E-state index contributed by atoms with van der Waals surface area (Å²) in [5.74, 6) is -2.64. The van der Waals surface area contributed by atoms with Crippen LogP contribution in [-0.4, -0.2) is 41.6 Å². The number of likely N-dealkylation sites (tertiary alicyclic amines) is 1. The lowest BCUT2D eigenvalue weighted by atomic mass is 10.0. The zero-order valence-corrected chi connectivity index (χ0v) is 16.0. The molecule has 5 nitrogen and oxygen atoms in total. The van der Waals surface area contributed by atoms with E-state index >= 15 is 0 Å². The zero-order valence-electron chi connectivity index (χ0n) is 14.4. The fourth-order valence-electron chi connectivity index (χ4n) is 2.53. The van der Waals surface area contributed by atoms with Crippen molar-refractivity contribution in [3.05, 3.63) is 33.8 Å². The van der Waals surface area contributed by atoms with Crippen molar-refractivity contribution in [2.45, 2.75) is 45.3 Å². The second-order valence-corrected chi connectivity index (χ2v) is 7.79. The van der Waals surface area contributed by atoms with Crippen LogP contribution < -0.4 is 5.32 Å². The van der Waals surface area contributed by atoms with Crippen molar-refractivity contribution in [1.82, 2.24) is 10.2 Å². The van der Waals surface area contributed by atoms with Gasteiger partial charge in [-0.3, -0.25) is 4.79 Å². The number of carbonyl (C=O) groups excluding carboxylic acids is 2. The third-order valence-electron chi connectivity index (χ3n) is 3.75. The van der Waals surface area contributed by atoms with Crippen LogP contribution in [0.1, 0.15) is 44.0 Å². The Morgan fingerprint density at radius 2 is 1.84 bits per heavy atom. The first-order chi connectivity index (χ1) is 11.6. The van der Waals surface area contributed by atoms with Crippen LogP contribution in [0, 0.1) is 11.6 Å². The van der Waals surface area contributed by atoms with Crippen LogP contribution in [0.15, 0.2) is 16.6 Å². The molecule has 1 fully saturated rings. The molecule has 8 heteroatoms. The number of hydrogen-bond acceptors (Lipinski definition) is 3. The first-order valence-corrected chi connectivity index (χ1v) is 8.80. The van der Waals surface area contributed by atoms with E-state index in [-0.39, 0.29) is 10.5 Å². The van der Waals surface area contributed by atoms with Gasteiger partial charge in [0, 0.05) is 19.1 Å². The molecule has 2 rings (SSSR count). The lowest BCUT2D eigenvalue weighted by Crippen LogP contribution is -2.48. The van der Waals surface area contributed by atoms with E-state index < -0.39 is 34.8 Å². The molecule has 1 aromatic carbocycles. The Bertz CT molecular complexity index is 669. The molecule has 0 atom stereocenters. The number of ether oxygens (including phenoxy) is 1. The summed E-state index contributed by atoms with van der Waals surface area (Å²) >= 11 is 2.94. The van der Waals surface area contributed by atoms with Gasteiger partial charge in [-0.25, -0.2) is 13.6 Å². The van der Waals surface area contributed by atoms with Gasteiger partial charge in [0.1, 0.15) is 17.0 Å². The lowest BCUT2D eigenvalue weighted by Gasteiger charge is -2.33. The molecule has 1 heterocycles. The van der Waals surface area contributed by atoms with Crippen molar-refractivity contribution in [3.63, 3.8) is 0 Å². The normalized spacial score (nSPS) is 15.8. The van der Waals surface area contributed by atoms with E-state index in [0.29, 0.717) is 25.9 Å². The van der Waals surface area contributed by atoms with Gasteiger partial charge in [-0.1, -0.05) is 0 Å². The van der Waals surface area contributed by atoms with E-state index in [0.717, 1.165) is 6.07 Å². The average Bonchev–Trinajstić information content (AvgIpc) is 2.50. The number of nitrogens with zero attached hydrogens (tertiary/aromatic N) is 1. The van der Waals surface area contributed by atoms with Crippen LogP contribution in [0.5, 0.6) is 0 Å². The molecule has 1 aromatic rings. The Hall–Kier alpha value is -1.70. The fraction of sp³-hybridized carbons (Fsp3) is 0.529. The molecule has 25 heavy (non-hydrogen) atoms. The molecule has 2 amide bonds. The smallest absolute Gasteiger partial charge is 0.410 e. The number of hydrogen-bond donors (Lipinski definition) is 1. The molecule has 1 aliphatic heterocycles. The summed E-state index contributed by atoms with van der Waals surface area (Å²) in [6.45, 7) is 6.18. The lowest BCUT2D eigenvalue weighted by molar-refractivity contribution is 0.0199. The summed E-state index contributed by atoms with van der Waals surface area (Å²) < 4.78 is 33.1. The van der Waals surface area contributed by atoms with Crippen LogP contribution in [0.2, 0.25) is 0 Å². The Kier molecular flexibility index (Phi) is 6.03. The number of nitrogens with one attached hydrogen (secondary N) is 1. The van der Waals surface area contributed by atoms with Crippen LogP contribution in [-0.2, 0) is 4.74 Å².